The summed E-state index contributed by atoms with van der Waals surface area (Å²) in [5.74, 6) is -2.67. The fourth-order valence-electron chi connectivity index (χ4n) is 5.47. The minimum Gasteiger partial charge on any atom is -0.444 e. The first-order valence-electron chi connectivity index (χ1n) is 14.1. The van der Waals surface area contributed by atoms with E-state index in [9.17, 15) is 14.4 Å². The molecule has 3 rings (SSSR count). The van der Waals surface area contributed by atoms with Gasteiger partial charge in [0.25, 0.3) is 0 Å². The molecule has 0 spiro atoms. The number of carbonyl (C=O) groups excluding carboxylic acids is 3. The molecule has 2 aromatic rings. The molecular weight excluding hydrogens is 522 g/mol. The summed E-state index contributed by atoms with van der Waals surface area (Å²) >= 11 is 0. The van der Waals surface area contributed by atoms with Crippen molar-refractivity contribution in [3.8, 4) is 0 Å². The molecule has 0 aromatic heterocycles. The van der Waals surface area contributed by atoms with Gasteiger partial charge < -0.3 is 14.3 Å². The van der Waals surface area contributed by atoms with Gasteiger partial charge in [0, 0.05) is 18.9 Å². The van der Waals surface area contributed by atoms with Crippen molar-refractivity contribution in [3.05, 3.63) is 77.4 Å². The molecule has 1 aliphatic rings. The molecule has 0 aliphatic carbocycles. The van der Waals surface area contributed by atoms with Gasteiger partial charge in [-0.25, -0.2) is 9.59 Å². The summed E-state index contributed by atoms with van der Waals surface area (Å²) in [5.41, 5.74) is 1.21. The molecule has 0 fully saturated rings. The Morgan fingerprint density at radius 1 is 1.02 bits per heavy atom. The second-order valence-electron chi connectivity index (χ2n) is 11.8. The summed E-state index contributed by atoms with van der Waals surface area (Å²) in [6.07, 6.45) is 2.80. The zero-order valence-electron chi connectivity index (χ0n) is 25.2. The molecule has 0 saturated carbocycles. The maximum Gasteiger partial charge on any atom is 0.411 e. The Balaban J connectivity index is 2.09. The molecule has 41 heavy (non-hydrogen) atoms. The fourth-order valence-corrected chi connectivity index (χ4v) is 5.47. The summed E-state index contributed by atoms with van der Waals surface area (Å²) < 4.78 is 11.1. The summed E-state index contributed by atoms with van der Waals surface area (Å²) in [7, 11) is 1.48. The van der Waals surface area contributed by atoms with E-state index >= 15 is 0 Å². The summed E-state index contributed by atoms with van der Waals surface area (Å²) in [6.45, 7) is 12.0. The van der Waals surface area contributed by atoms with Crippen LogP contribution in [0.15, 0.2) is 60.7 Å². The van der Waals surface area contributed by atoms with Gasteiger partial charge in [0.15, 0.2) is 5.54 Å². The van der Waals surface area contributed by atoms with E-state index in [0.29, 0.717) is 19.5 Å². The number of ether oxygens (including phenoxy) is 2. The van der Waals surface area contributed by atoms with Crippen molar-refractivity contribution in [3.63, 3.8) is 0 Å². The number of hydrogen-bond donors (Lipinski definition) is 0. The fraction of sp³-hybridized carbons (Fsp3) is 0.485. The van der Waals surface area contributed by atoms with Crippen molar-refractivity contribution < 1.29 is 33.6 Å². The van der Waals surface area contributed by atoms with Crippen LogP contribution in [0, 0.1) is 11.8 Å². The van der Waals surface area contributed by atoms with Gasteiger partial charge in [-0.15, -0.1) is 0 Å². The van der Waals surface area contributed by atoms with Gasteiger partial charge in [-0.05, 0) is 55.4 Å². The summed E-state index contributed by atoms with van der Waals surface area (Å²) in [6, 6.07) is 17.2. The lowest BCUT2D eigenvalue weighted by Crippen LogP contribution is -2.65. The van der Waals surface area contributed by atoms with E-state index in [1.807, 2.05) is 68.4 Å². The highest BCUT2D eigenvalue weighted by molar-refractivity contribution is 5.90. The Hall–Kier alpha value is -3.49. The molecule has 8 nitrogen and oxygen atoms in total. The van der Waals surface area contributed by atoms with Crippen LogP contribution in [0.1, 0.15) is 70.6 Å². The molecule has 1 heterocycles. The predicted molar refractivity (Wildman–Crippen MR) is 157 cm³/mol. The van der Waals surface area contributed by atoms with Crippen molar-refractivity contribution >= 4 is 23.9 Å². The van der Waals surface area contributed by atoms with E-state index in [1.165, 1.54) is 17.5 Å². The van der Waals surface area contributed by atoms with Crippen molar-refractivity contribution in [1.29, 1.82) is 0 Å². The minimum absolute atomic E-state index is 0.00809. The highest BCUT2D eigenvalue weighted by Crippen LogP contribution is 2.45. The van der Waals surface area contributed by atoms with E-state index in [4.69, 9.17) is 19.2 Å². The molecule has 0 bridgehead atoms. The first-order valence-corrected chi connectivity index (χ1v) is 14.1. The molecular formula is C33H43NO7. The molecule has 8 heteroatoms. The molecule has 3 atom stereocenters. The molecule has 0 saturated heterocycles. The van der Waals surface area contributed by atoms with Crippen molar-refractivity contribution in [2.24, 2.45) is 11.8 Å². The van der Waals surface area contributed by atoms with Gasteiger partial charge in [-0.2, -0.15) is 4.89 Å². The Kier molecular flexibility index (Phi) is 10.9. The third-order valence-corrected chi connectivity index (χ3v) is 7.40. The maximum atomic E-state index is 14.2. The lowest BCUT2D eigenvalue weighted by Gasteiger charge is -2.48. The first-order chi connectivity index (χ1) is 19.4. The SMILES string of the molecule is CC(C)C(c1ccc(C2=CCOCC2)cc1)[C@@](C(=O)OOCc1ccccc1)(C(C)C=O)N(C)C(=O)OC(C)(C)C. The number of carbonyl (C=O) groups is 3. The van der Waals surface area contributed by atoms with E-state index < -0.39 is 35.0 Å². The third-order valence-electron chi connectivity index (χ3n) is 7.40. The van der Waals surface area contributed by atoms with E-state index in [0.717, 1.165) is 23.1 Å². The van der Waals surface area contributed by atoms with Crippen LogP contribution in [0.3, 0.4) is 0 Å². The Morgan fingerprint density at radius 3 is 2.22 bits per heavy atom. The number of likely N-dealkylation sites (N-methyl/N-ethyl adjacent to an activating group) is 1. The van der Waals surface area contributed by atoms with Gasteiger partial charge in [0.05, 0.1) is 13.2 Å². The van der Waals surface area contributed by atoms with Crippen LogP contribution in [0.25, 0.3) is 5.57 Å². The largest absolute Gasteiger partial charge is 0.444 e. The quantitative estimate of drug-likeness (QED) is 0.178. The van der Waals surface area contributed by atoms with E-state index in [2.05, 4.69) is 6.08 Å². The van der Waals surface area contributed by atoms with Crippen LogP contribution in [0.5, 0.6) is 0 Å². The number of benzene rings is 2. The molecule has 2 unspecified atom stereocenters. The summed E-state index contributed by atoms with van der Waals surface area (Å²) in [5, 5.41) is 0. The van der Waals surface area contributed by atoms with Crippen molar-refractivity contribution in [2.75, 3.05) is 20.3 Å². The highest BCUT2D eigenvalue weighted by atomic mass is 17.2. The average Bonchev–Trinajstić information content (AvgIpc) is 2.95. The molecule has 0 radical (unpaired) electrons. The lowest BCUT2D eigenvalue weighted by atomic mass is 9.66. The van der Waals surface area contributed by atoms with Gasteiger partial charge in [0.1, 0.15) is 18.5 Å². The zero-order chi connectivity index (χ0) is 30.2. The molecule has 1 aliphatic heterocycles. The first kappa shape index (κ1) is 32.0. The highest BCUT2D eigenvalue weighted by Gasteiger charge is 2.59. The number of nitrogens with zero attached hydrogens (tertiary/aromatic N) is 1. The van der Waals surface area contributed by atoms with Crippen LogP contribution < -0.4 is 0 Å². The summed E-state index contributed by atoms with van der Waals surface area (Å²) in [4.78, 5) is 52.4. The van der Waals surface area contributed by atoms with Crippen LogP contribution >= 0.6 is 0 Å². The molecule has 0 N–H and O–H groups in total. The van der Waals surface area contributed by atoms with Gasteiger partial charge >= 0.3 is 12.1 Å². The van der Waals surface area contributed by atoms with Crippen LogP contribution in [-0.2, 0) is 35.4 Å². The normalized spacial score (nSPS) is 16.6. The topological polar surface area (TPSA) is 91.4 Å². The van der Waals surface area contributed by atoms with Crippen LogP contribution in [-0.4, -0.2) is 54.7 Å². The second kappa shape index (κ2) is 13.9. The average molecular weight is 566 g/mol. The Morgan fingerprint density at radius 2 is 1.68 bits per heavy atom. The smallest absolute Gasteiger partial charge is 0.411 e. The van der Waals surface area contributed by atoms with Crippen LogP contribution in [0.2, 0.25) is 0 Å². The van der Waals surface area contributed by atoms with Crippen LogP contribution in [0.4, 0.5) is 4.79 Å². The number of rotatable bonds is 11. The minimum atomic E-state index is -1.78. The van der Waals surface area contributed by atoms with Gasteiger partial charge in [0.2, 0.25) is 0 Å². The predicted octanol–water partition coefficient (Wildman–Crippen LogP) is 6.35. The molecule has 222 valence electrons. The maximum absolute atomic E-state index is 14.2. The number of hydrogen-bond acceptors (Lipinski definition) is 7. The van der Waals surface area contributed by atoms with Gasteiger partial charge in [-0.1, -0.05) is 81.4 Å². The standard InChI is InChI=1S/C33H43NO7/c1-23(2)29(28-15-13-26(14-16-28)27-17-19-38-20-18-27)33(24(3)21-35,34(7)31(37)40-32(4,5)6)30(36)41-39-22-25-11-9-8-10-12-25/h8-17,21,23-24,29H,18-20,22H2,1-7H3/t24?,29?,33-/m1/s1. The Labute approximate surface area is 243 Å². The number of aldehydes is 1. The Bertz CT molecular complexity index is 1200. The van der Waals surface area contributed by atoms with Crippen molar-refractivity contribution in [2.45, 2.75) is 71.6 Å². The monoisotopic (exact) mass is 565 g/mol. The van der Waals surface area contributed by atoms with E-state index in [1.54, 1.807) is 27.7 Å². The lowest BCUT2D eigenvalue weighted by molar-refractivity contribution is -0.290. The van der Waals surface area contributed by atoms with E-state index in [-0.39, 0.29) is 12.5 Å². The van der Waals surface area contributed by atoms with Crippen molar-refractivity contribution in [1.82, 2.24) is 4.90 Å². The zero-order valence-corrected chi connectivity index (χ0v) is 25.2. The molecule has 2 aromatic carbocycles. The third kappa shape index (κ3) is 7.63. The van der Waals surface area contributed by atoms with Gasteiger partial charge in [-0.3, -0.25) is 9.79 Å². The second-order valence-corrected chi connectivity index (χ2v) is 11.8. The molecule has 1 amide bonds. The number of amides is 1.